The minimum Gasteiger partial charge on any atom is -0.456 e. The van der Waals surface area contributed by atoms with Crippen molar-refractivity contribution < 1.29 is 4.42 Å². The van der Waals surface area contributed by atoms with Gasteiger partial charge in [-0.3, -0.25) is 0 Å². The first kappa shape index (κ1) is 28.2. The first-order valence-electron chi connectivity index (χ1n) is 17.7. The molecule has 11 rings (SSSR count). The smallest absolute Gasteiger partial charge is 0.136 e. The minimum absolute atomic E-state index is 0.942. The Hall–Kier alpha value is -5.70. The van der Waals surface area contributed by atoms with Crippen molar-refractivity contribution in [2.24, 2.45) is 0 Å². The summed E-state index contributed by atoms with van der Waals surface area (Å²) in [6.45, 7) is 0. The summed E-state index contributed by atoms with van der Waals surface area (Å²) in [6, 6.07) is 42.7. The van der Waals surface area contributed by atoms with Crippen LogP contribution in [0.25, 0.3) is 91.1 Å². The molecule has 0 bridgehead atoms. The number of benzene rings is 7. The third-order valence-electron chi connectivity index (χ3n) is 11.1. The number of hydrogen-bond donors (Lipinski definition) is 0. The lowest BCUT2D eigenvalue weighted by Crippen LogP contribution is -2.00. The van der Waals surface area contributed by atoms with E-state index in [0.29, 0.717) is 0 Å². The van der Waals surface area contributed by atoms with E-state index in [0.717, 1.165) is 36.8 Å². The Bertz CT molecular complexity index is 2970. The van der Waals surface area contributed by atoms with Crippen LogP contribution in [-0.2, 0) is 0 Å². The summed E-state index contributed by atoms with van der Waals surface area (Å²) in [7, 11) is 0. The van der Waals surface area contributed by atoms with Gasteiger partial charge < -0.3 is 4.42 Å². The largest absolute Gasteiger partial charge is 0.456 e. The summed E-state index contributed by atoms with van der Waals surface area (Å²) >= 11 is 1.90. The van der Waals surface area contributed by atoms with Gasteiger partial charge in [-0.25, -0.2) is 0 Å². The van der Waals surface area contributed by atoms with Gasteiger partial charge in [0, 0.05) is 36.3 Å². The van der Waals surface area contributed by atoms with Crippen molar-refractivity contribution in [2.45, 2.75) is 25.7 Å². The highest BCUT2D eigenvalue weighted by Crippen LogP contribution is 2.47. The van der Waals surface area contributed by atoms with Gasteiger partial charge in [0.25, 0.3) is 0 Å². The van der Waals surface area contributed by atoms with Crippen molar-refractivity contribution in [1.82, 2.24) is 0 Å². The molecule has 2 aromatic heterocycles. The number of hydrogen-bond acceptors (Lipinski definition) is 2. The Kier molecular flexibility index (Phi) is 6.14. The van der Waals surface area contributed by atoms with E-state index in [2.05, 4.69) is 140 Å². The Labute approximate surface area is 293 Å². The molecule has 1 nitrogen and oxygen atoms in total. The fourth-order valence-electron chi connectivity index (χ4n) is 8.79. The van der Waals surface area contributed by atoms with E-state index < -0.39 is 0 Å². The van der Waals surface area contributed by atoms with Crippen molar-refractivity contribution in [3.05, 3.63) is 162 Å². The zero-order valence-electron chi connectivity index (χ0n) is 27.5. The highest BCUT2D eigenvalue weighted by atomic mass is 32.1. The SMILES string of the molecule is C1=CCCC(C2=CC=C(c3c4ccccc4c(-c4ccc5sc6c(ccc7c6ccc6oc8ccccc8c67)c5c4)c4ccccc34)CC2)=C1. The topological polar surface area (TPSA) is 13.1 Å². The highest BCUT2D eigenvalue weighted by Gasteiger charge is 2.21. The molecule has 0 aliphatic heterocycles. The predicted octanol–water partition coefficient (Wildman–Crippen LogP) is 14.5. The van der Waals surface area contributed by atoms with E-state index in [1.165, 1.54) is 96.7 Å². The Morgan fingerprint density at radius 3 is 1.84 bits per heavy atom. The second-order valence-electron chi connectivity index (χ2n) is 13.8. The molecule has 0 saturated carbocycles. The van der Waals surface area contributed by atoms with Gasteiger partial charge in [-0.1, -0.05) is 115 Å². The van der Waals surface area contributed by atoms with Crippen LogP contribution in [-0.4, -0.2) is 0 Å². The molecule has 2 aliphatic carbocycles. The summed E-state index contributed by atoms with van der Waals surface area (Å²) in [5.74, 6) is 0. The van der Waals surface area contributed by atoms with Crippen molar-refractivity contribution in [1.29, 1.82) is 0 Å². The monoisotopic (exact) mass is 656 g/mol. The number of furan rings is 1. The van der Waals surface area contributed by atoms with Crippen molar-refractivity contribution >= 4 is 91.3 Å². The number of rotatable bonds is 3. The van der Waals surface area contributed by atoms with Crippen LogP contribution in [0.4, 0.5) is 0 Å². The summed E-state index contributed by atoms with van der Waals surface area (Å²) < 4.78 is 8.89. The first-order chi connectivity index (χ1) is 24.8. The molecule has 0 amide bonds. The zero-order valence-corrected chi connectivity index (χ0v) is 28.3. The van der Waals surface area contributed by atoms with Crippen LogP contribution in [0.2, 0.25) is 0 Å². The highest BCUT2D eigenvalue weighted by molar-refractivity contribution is 7.26. The second-order valence-corrected chi connectivity index (χ2v) is 14.8. The van der Waals surface area contributed by atoms with Crippen molar-refractivity contribution in [2.75, 3.05) is 0 Å². The van der Waals surface area contributed by atoms with E-state index in [9.17, 15) is 0 Å². The Balaban J connectivity index is 1.12. The van der Waals surface area contributed by atoms with Gasteiger partial charge in [0.15, 0.2) is 0 Å². The quantitative estimate of drug-likeness (QED) is 0.173. The summed E-state index contributed by atoms with van der Waals surface area (Å²) in [5.41, 5.74) is 10.3. The summed E-state index contributed by atoms with van der Waals surface area (Å²) in [4.78, 5) is 0. The maximum Gasteiger partial charge on any atom is 0.136 e. The van der Waals surface area contributed by atoms with Gasteiger partial charge in [-0.05, 0) is 116 Å². The molecule has 50 heavy (non-hydrogen) atoms. The number of allylic oxidation sites excluding steroid dienone is 8. The second kappa shape index (κ2) is 10.9. The summed E-state index contributed by atoms with van der Waals surface area (Å²) in [5, 5.41) is 12.9. The molecule has 0 fully saturated rings. The average Bonchev–Trinajstić information content (AvgIpc) is 3.76. The Morgan fingerprint density at radius 2 is 1.10 bits per heavy atom. The normalized spacial score (nSPS) is 15.2. The molecule has 0 atom stereocenters. The maximum atomic E-state index is 6.24. The molecule has 0 saturated heterocycles. The lowest BCUT2D eigenvalue weighted by atomic mass is 9.81. The van der Waals surface area contributed by atoms with E-state index in [-0.39, 0.29) is 0 Å². The van der Waals surface area contributed by atoms with E-state index in [1.54, 1.807) is 0 Å². The Morgan fingerprint density at radius 1 is 0.460 bits per heavy atom. The molecule has 2 heterocycles. The first-order valence-corrected chi connectivity index (χ1v) is 18.5. The van der Waals surface area contributed by atoms with Crippen LogP contribution in [0.5, 0.6) is 0 Å². The molecule has 236 valence electrons. The maximum absolute atomic E-state index is 6.24. The van der Waals surface area contributed by atoms with E-state index >= 15 is 0 Å². The van der Waals surface area contributed by atoms with Gasteiger partial charge in [-0.2, -0.15) is 0 Å². The molecule has 0 unspecified atom stereocenters. The molecule has 2 heteroatoms. The molecular formula is C48H32OS. The van der Waals surface area contributed by atoms with E-state index in [1.807, 2.05) is 17.4 Å². The van der Waals surface area contributed by atoms with Crippen molar-refractivity contribution in [3.63, 3.8) is 0 Å². The molecular weight excluding hydrogens is 625 g/mol. The fourth-order valence-corrected chi connectivity index (χ4v) is 10.00. The molecule has 2 aliphatic rings. The van der Waals surface area contributed by atoms with Gasteiger partial charge in [0.05, 0.1) is 0 Å². The molecule has 7 aromatic carbocycles. The molecule has 0 radical (unpaired) electrons. The van der Waals surface area contributed by atoms with Crippen LogP contribution in [0.15, 0.2) is 161 Å². The van der Waals surface area contributed by atoms with Crippen LogP contribution in [0.3, 0.4) is 0 Å². The van der Waals surface area contributed by atoms with Gasteiger partial charge in [-0.15, -0.1) is 11.3 Å². The van der Waals surface area contributed by atoms with Crippen molar-refractivity contribution in [3.8, 4) is 11.1 Å². The molecule has 9 aromatic rings. The zero-order chi connectivity index (χ0) is 32.8. The van der Waals surface area contributed by atoms with Crippen LogP contribution < -0.4 is 0 Å². The van der Waals surface area contributed by atoms with Crippen LogP contribution >= 0.6 is 11.3 Å². The van der Waals surface area contributed by atoms with E-state index in [4.69, 9.17) is 4.42 Å². The number of para-hydroxylation sites is 1. The van der Waals surface area contributed by atoms with Crippen LogP contribution in [0.1, 0.15) is 31.2 Å². The molecule has 0 N–H and O–H groups in total. The third-order valence-corrected chi connectivity index (χ3v) is 12.3. The van der Waals surface area contributed by atoms with Crippen LogP contribution in [0, 0.1) is 0 Å². The fraction of sp³-hybridized carbons (Fsp3) is 0.0833. The number of thiophene rings is 1. The van der Waals surface area contributed by atoms with Gasteiger partial charge in [0.2, 0.25) is 0 Å². The molecule has 0 spiro atoms. The lowest BCUT2D eigenvalue weighted by molar-refractivity contribution is 0.669. The van der Waals surface area contributed by atoms with Gasteiger partial charge >= 0.3 is 0 Å². The lowest BCUT2D eigenvalue weighted by Gasteiger charge is -2.22. The summed E-state index contributed by atoms with van der Waals surface area (Å²) in [6.07, 6.45) is 16.0. The number of fused-ring (bicyclic) bond motifs is 11. The van der Waals surface area contributed by atoms with Gasteiger partial charge in [0.1, 0.15) is 11.2 Å². The predicted molar refractivity (Wildman–Crippen MR) is 216 cm³/mol. The third kappa shape index (κ3) is 4.12. The minimum atomic E-state index is 0.942. The standard InChI is InChI=1S/C48H32OS/c1-2-10-29(11-3-1)30-18-20-31(21-19-30)45-33-12-4-6-14-35(33)46(36-15-7-5-13-34(36)45)32-22-27-44-41(28-32)39-24-23-37-38(48(39)50-44)25-26-43-47(37)40-16-8-9-17-42(40)49-43/h1-2,4-10,12-18,20,22-28H,3,11,19,21H2. The average molecular weight is 657 g/mol.